The van der Waals surface area contributed by atoms with E-state index in [0.717, 1.165) is 25.2 Å². The Labute approximate surface area is 88.3 Å². The Morgan fingerprint density at radius 1 is 1.27 bits per heavy atom. The molecule has 2 atom stereocenters. The summed E-state index contributed by atoms with van der Waals surface area (Å²) < 4.78 is 12.7. The van der Waals surface area contributed by atoms with E-state index in [-0.39, 0.29) is 11.9 Å². The maximum absolute atomic E-state index is 12.7. The Morgan fingerprint density at radius 3 is 2.60 bits per heavy atom. The zero-order valence-electron chi connectivity index (χ0n) is 8.41. The first kappa shape index (κ1) is 10.5. The number of hydrogen-bond donors (Lipinski definition) is 3. The van der Waals surface area contributed by atoms with Crippen LogP contribution in [0.5, 0.6) is 0 Å². The zero-order valence-corrected chi connectivity index (χ0v) is 8.41. The van der Waals surface area contributed by atoms with Gasteiger partial charge in [-0.3, -0.25) is 0 Å². The number of aliphatic hydroxyl groups is 1. The van der Waals surface area contributed by atoms with Crippen LogP contribution in [0.4, 0.5) is 4.39 Å². The third-order valence-corrected chi connectivity index (χ3v) is 2.67. The number of piperazine rings is 1. The number of halogens is 1. The van der Waals surface area contributed by atoms with Gasteiger partial charge in [0.25, 0.3) is 0 Å². The smallest absolute Gasteiger partial charge is 0.123 e. The van der Waals surface area contributed by atoms with Gasteiger partial charge in [0.05, 0.1) is 6.10 Å². The first-order valence-electron chi connectivity index (χ1n) is 5.15. The molecule has 1 aromatic rings. The minimum absolute atomic E-state index is 0.00390. The summed E-state index contributed by atoms with van der Waals surface area (Å²) in [6.07, 6.45) is -0.585. The SMILES string of the molecule is OC(c1ccc(F)cc1)[C@H]1CNCCN1. The van der Waals surface area contributed by atoms with E-state index >= 15 is 0 Å². The number of nitrogens with one attached hydrogen (secondary N) is 2. The van der Waals surface area contributed by atoms with E-state index in [1.54, 1.807) is 12.1 Å². The summed E-state index contributed by atoms with van der Waals surface area (Å²) in [6.45, 7) is 2.51. The highest BCUT2D eigenvalue weighted by molar-refractivity contribution is 5.20. The molecule has 0 amide bonds. The van der Waals surface area contributed by atoms with Crippen LogP contribution in [-0.2, 0) is 0 Å². The zero-order chi connectivity index (χ0) is 10.7. The summed E-state index contributed by atoms with van der Waals surface area (Å²) in [5.74, 6) is -0.277. The largest absolute Gasteiger partial charge is 0.387 e. The minimum atomic E-state index is -0.585. The first-order valence-corrected chi connectivity index (χ1v) is 5.15. The van der Waals surface area contributed by atoms with Gasteiger partial charge in [0, 0.05) is 25.7 Å². The summed E-state index contributed by atoms with van der Waals surface area (Å²) in [5.41, 5.74) is 0.748. The van der Waals surface area contributed by atoms with Crippen LogP contribution in [0.3, 0.4) is 0 Å². The summed E-state index contributed by atoms with van der Waals surface area (Å²) in [4.78, 5) is 0. The van der Waals surface area contributed by atoms with Crippen molar-refractivity contribution >= 4 is 0 Å². The standard InChI is InChI=1S/C11H15FN2O/c12-9-3-1-8(2-4-9)11(15)10-7-13-5-6-14-10/h1-4,10-11,13-15H,5-7H2/t10-,11?/m1/s1. The van der Waals surface area contributed by atoms with E-state index < -0.39 is 6.10 Å². The van der Waals surface area contributed by atoms with Crippen molar-refractivity contribution in [2.45, 2.75) is 12.1 Å². The Morgan fingerprint density at radius 2 is 2.00 bits per heavy atom. The average molecular weight is 210 g/mol. The molecule has 1 unspecified atom stereocenters. The predicted molar refractivity (Wildman–Crippen MR) is 56.0 cm³/mol. The number of benzene rings is 1. The maximum Gasteiger partial charge on any atom is 0.123 e. The van der Waals surface area contributed by atoms with Gasteiger partial charge in [-0.25, -0.2) is 4.39 Å². The van der Waals surface area contributed by atoms with Gasteiger partial charge in [-0.1, -0.05) is 12.1 Å². The van der Waals surface area contributed by atoms with Gasteiger partial charge >= 0.3 is 0 Å². The molecular formula is C11H15FN2O. The van der Waals surface area contributed by atoms with E-state index in [1.165, 1.54) is 12.1 Å². The van der Waals surface area contributed by atoms with Gasteiger partial charge in [-0.2, -0.15) is 0 Å². The average Bonchev–Trinajstić information content (AvgIpc) is 2.30. The van der Waals surface area contributed by atoms with Crippen molar-refractivity contribution in [3.63, 3.8) is 0 Å². The van der Waals surface area contributed by atoms with Crippen LogP contribution in [0.15, 0.2) is 24.3 Å². The molecule has 0 bridgehead atoms. The van der Waals surface area contributed by atoms with Gasteiger partial charge in [-0.05, 0) is 17.7 Å². The molecule has 3 N–H and O–H groups in total. The molecule has 1 saturated heterocycles. The van der Waals surface area contributed by atoms with Gasteiger partial charge < -0.3 is 15.7 Å². The maximum atomic E-state index is 12.7. The molecule has 2 rings (SSSR count). The van der Waals surface area contributed by atoms with Crippen LogP contribution >= 0.6 is 0 Å². The first-order chi connectivity index (χ1) is 7.27. The van der Waals surface area contributed by atoms with Crippen LogP contribution < -0.4 is 10.6 Å². The molecule has 0 radical (unpaired) electrons. The van der Waals surface area contributed by atoms with E-state index in [9.17, 15) is 9.50 Å². The highest BCUT2D eigenvalue weighted by atomic mass is 19.1. The van der Waals surface area contributed by atoms with Crippen molar-refractivity contribution in [2.24, 2.45) is 0 Å². The van der Waals surface area contributed by atoms with Crippen molar-refractivity contribution in [3.8, 4) is 0 Å². The molecule has 1 heterocycles. The van der Waals surface area contributed by atoms with E-state index in [0.29, 0.717) is 0 Å². The molecule has 1 aliphatic heterocycles. The lowest BCUT2D eigenvalue weighted by Crippen LogP contribution is -2.51. The predicted octanol–water partition coefficient (Wildman–Crippen LogP) is 0.420. The van der Waals surface area contributed by atoms with Crippen molar-refractivity contribution in [1.29, 1.82) is 0 Å². The Bertz CT molecular complexity index is 309. The summed E-state index contributed by atoms with van der Waals surface area (Å²) in [5, 5.41) is 16.4. The van der Waals surface area contributed by atoms with Crippen LogP contribution in [0.1, 0.15) is 11.7 Å². The molecule has 0 saturated carbocycles. The Balaban J connectivity index is 2.05. The van der Waals surface area contributed by atoms with Crippen molar-refractivity contribution in [3.05, 3.63) is 35.6 Å². The molecule has 1 fully saturated rings. The van der Waals surface area contributed by atoms with Crippen LogP contribution in [0.25, 0.3) is 0 Å². The summed E-state index contributed by atoms with van der Waals surface area (Å²) in [7, 11) is 0. The highest BCUT2D eigenvalue weighted by Gasteiger charge is 2.22. The van der Waals surface area contributed by atoms with Crippen molar-refractivity contribution in [1.82, 2.24) is 10.6 Å². The Hall–Kier alpha value is -0.970. The third-order valence-electron chi connectivity index (χ3n) is 2.67. The fraction of sp³-hybridized carbons (Fsp3) is 0.455. The molecule has 15 heavy (non-hydrogen) atoms. The quantitative estimate of drug-likeness (QED) is 0.663. The molecular weight excluding hydrogens is 195 g/mol. The monoisotopic (exact) mass is 210 g/mol. The lowest BCUT2D eigenvalue weighted by molar-refractivity contribution is 0.120. The number of hydrogen-bond acceptors (Lipinski definition) is 3. The van der Waals surface area contributed by atoms with Gasteiger partial charge in [0.2, 0.25) is 0 Å². The van der Waals surface area contributed by atoms with Crippen molar-refractivity contribution in [2.75, 3.05) is 19.6 Å². The van der Waals surface area contributed by atoms with Crippen LogP contribution in [0, 0.1) is 5.82 Å². The third kappa shape index (κ3) is 2.53. The fourth-order valence-electron chi connectivity index (χ4n) is 1.79. The second-order valence-corrected chi connectivity index (χ2v) is 3.76. The fourth-order valence-corrected chi connectivity index (χ4v) is 1.79. The topological polar surface area (TPSA) is 44.3 Å². The lowest BCUT2D eigenvalue weighted by atomic mass is 10.0. The second kappa shape index (κ2) is 4.70. The molecule has 3 nitrogen and oxygen atoms in total. The molecule has 0 aliphatic carbocycles. The highest BCUT2D eigenvalue weighted by Crippen LogP contribution is 2.17. The van der Waals surface area contributed by atoms with Crippen LogP contribution in [-0.4, -0.2) is 30.8 Å². The Kier molecular flexibility index (Phi) is 3.30. The van der Waals surface area contributed by atoms with Crippen molar-refractivity contribution < 1.29 is 9.50 Å². The van der Waals surface area contributed by atoms with E-state index in [1.807, 2.05) is 0 Å². The molecule has 1 aromatic carbocycles. The normalized spacial score (nSPS) is 23.7. The van der Waals surface area contributed by atoms with Gasteiger partial charge in [0.15, 0.2) is 0 Å². The molecule has 0 spiro atoms. The van der Waals surface area contributed by atoms with Crippen LogP contribution in [0.2, 0.25) is 0 Å². The van der Waals surface area contributed by atoms with Gasteiger partial charge in [0.1, 0.15) is 5.82 Å². The molecule has 82 valence electrons. The van der Waals surface area contributed by atoms with Gasteiger partial charge in [-0.15, -0.1) is 0 Å². The molecule has 1 aliphatic rings. The summed E-state index contributed by atoms with van der Waals surface area (Å²) in [6, 6.07) is 5.99. The van der Waals surface area contributed by atoms with E-state index in [4.69, 9.17) is 0 Å². The lowest BCUT2D eigenvalue weighted by Gasteiger charge is -2.28. The number of aliphatic hydroxyl groups excluding tert-OH is 1. The number of rotatable bonds is 2. The minimum Gasteiger partial charge on any atom is -0.387 e. The summed E-state index contributed by atoms with van der Waals surface area (Å²) >= 11 is 0. The molecule has 0 aromatic heterocycles. The molecule has 4 heteroatoms. The van der Waals surface area contributed by atoms with E-state index in [2.05, 4.69) is 10.6 Å². The second-order valence-electron chi connectivity index (χ2n) is 3.76.